The Hall–Kier alpha value is -2.01. The molecule has 1 fully saturated rings. The lowest BCUT2D eigenvalue weighted by atomic mass is 10.2. The summed E-state index contributed by atoms with van der Waals surface area (Å²) in [5.74, 6) is 0. The van der Waals surface area contributed by atoms with Crippen molar-refractivity contribution in [1.29, 1.82) is 0 Å². The van der Waals surface area contributed by atoms with Gasteiger partial charge >= 0.3 is 6.03 Å². The van der Waals surface area contributed by atoms with Gasteiger partial charge in [0.2, 0.25) is 0 Å². The Bertz CT molecular complexity index is 742. The van der Waals surface area contributed by atoms with E-state index in [4.69, 9.17) is 0 Å². The van der Waals surface area contributed by atoms with Gasteiger partial charge in [-0.15, -0.1) is 0 Å². The van der Waals surface area contributed by atoms with Crippen LogP contribution in [0.15, 0.2) is 53.0 Å². The zero-order valence-corrected chi connectivity index (χ0v) is 16.8. The van der Waals surface area contributed by atoms with Gasteiger partial charge in [0.25, 0.3) is 0 Å². The molecule has 26 heavy (non-hydrogen) atoms. The Morgan fingerprint density at radius 3 is 2.42 bits per heavy atom. The minimum Gasteiger partial charge on any atom is -0.370 e. The Kier molecular flexibility index (Phi) is 6.56. The first-order valence-electron chi connectivity index (χ1n) is 9.24. The van der Waals surface area contributed by atoms with Gasteiger partial charge in [-0.2, -0.15) is 0 Å². The maximum absolute atomic E-state index is 12.7. The predicted molar refractivity (Wildman–Crippen MR) is 112 cm³/mol. The molecule has 1 aliphatic heterocycles. The second-order valence-corrected chi connectivity index (χ2v) is 7.65. The fourth-order valence-electron chi connectivity index (χ4n) is 3.33. The summed E-state index contributed by atoms with van der Waals surface area (Å²) in [7, 11) is 1.82. The number of hydrogen-bond acceptors (Lipinski definition) is 2. The number of amides is 2. The average Bonchev–Trinajstić information content (AvgIpc) is 2.93. The number of carbonyl (C=O) groups excluding carboxylic acids is 1. The second-order valence-electron chi connectivity index (χ2n) is 6.80. The molecule has 0 atom stereocenters. The molecule has 138 valence electrons. The summed E-state index contributed by atoms with van der Waals surface area (Å²) in [6.07, 6.45) is 5.01. The van der Waals surface area contributed by atoms with Crippen LogP contribution in [0.5, 0.6) is 0 Å². The average molecular weight is 416 g/mol. The van der Waals surface area contributed by atoms with Crippen LogP contribution in [-0.2, 0) is 6.54 Å². The minimum absolute atomic E-state index is 0.0944. The number of rotatable bonds is 4. The molecule has 4 nitrogen and oxygen atoms in total. The number of benzene rings is 2. The molecule has 0 aromatic heterocycles. The smallest absolute Gasteiger partial charge is 0.321 e. The van der Waals surface area contributed by atoms with Crippen molar-refractivity contribution < 1.29 is 4.79 Å². The summed E-state index contributed by atoms with van der Waals surface area (Å²) in [4.78, 5) is 16.8. The fraction of sp³-hybridized carbons (Fsp3) is 0.381. The summed E-state index contributed by atoms with van der Waals surface area (Å²) in [6.45, 7) is 2.67. The predicted octanol–water partition coefficient (Wildman–Crippen LogP) is 5.49. The van der Waals surface area contributed by atoms with Crippen molar-refractivity contribution in [1.82, 2.24) is 4.90 Å². The zero-order chi connectivity index (χ0) is 18.4. The third-order valence-corrected chi connectivity index (χ3v) is 5.58. The highest BCUT2D eigenvalue weighted by molar-refractivity contribution is 9.10. The van der Waals surface area contributed by atoms with Gasteiger partial charge in [-0.3, -0.25) is 0 Å². The number of anilines is 2. The topological polar surface area (TPSA) is 35.6 Å². The lowest BCUT2D eigenvalue weighted by Gasteiger charge is -2.26. The maximum Gasteiger partial charge on any atom is 0.321 e. The van der Waals surface area contributed by atoms with Crippen LogP contribution in [0, 0.1) is 0 Å². The summed E-state index contributed by atoms with van der Waals surface area (Å²) in [5.41, 5.74) is 3.10. The van der Waals surface area contributed by atoms with Crippen molar-refractivity contribution in [2.45, 2.75) is 32.2 Å². The molecule has 0 saturated carbocycles. The number of halogens is 1. The molecule has 0 radical (unpaired) electrons. The van der Waals surface area contributed by atoms with Gasteiger partial charge in [-0.1, -0.05) is 59.1 Å². The van der Waals surface area contributed by atoms with Gasteiger partial charge in [0.15, 0.2) is 0 Å². The van der Waals surface area contributed by atoms with E-state index in [0.29, 0.717) is 6.54 Å². The van der Waals surface area contributed by atoms with E-state index in [-0.39, 0.29) is 6.03 Å². The molecule has 0 unspecified atom stereocenters. The van der Waals surface area contributed by atoms with E-state index in [1.807, 2.05) is 49.5 Å². The largest absolute Gasteiger partial charge is 0.370 e. The maximum atomic E-state index is 12.7. The van der Waals surface area contributed by atoms with Crippen LogP contribution >= 0.6 is 15.9 Å². The molecule has 5 heteroatoms. The SMILES string of the molecule is CN(Cc1ccccc1Br)C(=O)Nc1ccccc1N1CCCCCC1. The van der Waals surface area contributed by atoms with E-state index in [9.17, 15) is 4.79 Å². The van der Waals surface area contributed by atoms with Crippen LogP contribution < -0.4 is 10.2 Å². The highest BCUT2D eigenvalue weighted by atomic mass is 79.9. The number of nitrogens with zero attached hydrogens (tertiary/aromatic N) is 2. The summed E-state index contributed by atoms with van der Waals surface area (Å²) in [5, 5.41) is 3.10. The van der Waals surface area contributed by atoms with E-state index in [1.165, 1.54) is 25.7 Å². The number of nitrogens with one attached hydrogen (secondary N) is 1. The number of urea groups is 1. The molecule has 1 N–H and O–H groups in total. The Morgan fingerprint density at radius 1 is 1.04 bits per heavy atom. The van der Waals surface area contributed by atoms with Gasteiger partial charge in [0.1, 0.15) is 0 Å². The molecule has 1 aliphatic rings. The van der Waals surface area contributed by atoms with Crippen LogP contribution in [0.25, 0.3) is 0 Å². The number of carbonyl (C=O) groups is 1. The van der Waals surface area contributed by atoms with Gasteiger partial charge in [0, 0.05) is 31.2 Å². The first-order valence-corrected chi connectivity index (χ1v) is 10.0. The van der Waals surface area contributed by atoms with E-state index >= 15 is 0 Å². The number of para-hydroxylation sites is 2. The highest BCUT2D eigenvalue weighted by Crippen LogP contribution is 2.28. The third kappa shape index (κ3) is 4.79. The molecule has 2 aromatic rings. The molecular weight excluding hydrogens is 390 g/mol. The molecule has 2 amide bonds. The summed E-state index contributed by atoms with van der Waals surface area (Å²) in [6, 6.07) is 16.0. The minimum atomic E-state index is -0.0944. The first-order chi connectivity index (χ1) is 12.6. The zero-order valence-electron chi connectivity index (χ0n) is 15.2. The van der Waals surface area contributed by atoms with Gasteiger partial charge in [0.05, 0.1) is 11.4 Å². The first kappa shape index (κ1) is 18.8. The van der Waals surface area contributed by atoms with E-state index in [1.54, 1.807) is 4.90 Å². The lowest BCUT2D eigenvalue weighted by molar-refractivity contribution is 0.220. The van der Waals surface area contributed by atoms with Crippen molar-refractivity contribution in [3.8, 4) is 0 Å². The molecule has 1 saturated heterocycles. The van der Waals surface area contributed by atoms with Gasteiger partial charge in [-0.25, -0.2) is 4.79 Å². The normalized spacial score (nSPS) is 14.6. The van der Waals surface area contributed by atoms with Crippen LogP contribution in [-0.4, -0.2) is 31.1 Å². The number of hydrogen-bond donors (Lipinski definition) is 1. The van der Waals surface area contributed by atoms with Crippen molar-refractivity contribution >= 4 is 33.3 Å². The summed E-state index contributed by atoms with van der Waals surface area (Å²) < 4.78 is 1.02. The molecule has 0 bridgehead atoms. The van der Waals surface area contributed by atoms with Gasteiger partial charge < -0.3 is 15.1 Å². The van der Waals surface area contributed by atoms with Crippen LogP contribution in [0.4, 0.5) is 16.2 Å². The van der Waals surface area contributed by atoms with Crippen LogP contribution in [0.2, 0.25) is 0 Å². The quantitative estimate of drug-likeness (QED) is 0.715. The van der Waals surface area contributed by atoms with E-state index in [2.05, 4.69) is 32.2 Å². The molecule has 2 aromatic carbocycles. The highest BCUT2D eigenvalue weighted by Gasteiger charge is 2.16. The second kappa shape index (κ2) is 9.08. The Labute approximate surface area is 164 Å². The Morgan fingerprint density at radius 2 is 1.69 bits per heavy atom. The molecule has 0 spiro atoms. The molecule has 1 heterocycles. The lowest BCUT2D eigenvalue weighted by Crippen LogP contribution is -2.32. The van der Waals surface area contributed by atoms with Crippen molar-refractivity contribution in [2.75, 3.05) is 30.4 Å². The molecule has 0 aliphatic carbocycles. The molecule has 3 rings (SSSR count). The van der Waals surface area contributed by atoms with Crippen molar-refractivity contribution in [3.63, 3.8) is 0 Å². The van der Waals surface area contributed by atoms with Crippen LogP contribution in [0.1, 0.15) is 31.2 Å². The van der Waals surface area contributed by atoms with Crippen molar-refractivity contribution in [3.05, 3.63) is 58.6 Å². The summed E-state index contributed by atoms with van der Waals surface area (Å²) >= 11 is 3.55. The van der Waals surface area contributed by atoms with Gasteiger partial charge in [-0.05, 0) is 36.6 Å². The Balaban J connectivity index is 1.70. The monoisotopic (exact) mass is 415 g/mol. The molecular formula is C21H26BrN3O. The fourth-order valence-corrected chi connectivity index (χ4v) is 3.74. The van der Waals surface area contributed by atoms with E-state index in [0.717, 1.165) is 34.5 Å². The van der Waals surface area contributed by atoms with Crippen LogP contribution in [0.3, 0.4) is 0 Å². The standard InChI is InChI=1S/C21H26BrN3O/c1-24(16-17-10-4-5-11-18(17)22)21(26)23-19-12-6-7-13-20(19)25-14-8-2-3-9-15-25/h4-7,10-13H,2-3,8-9,14-16H2,1H3,(H,23,26). The van der Waals surface area contributed by atoms with Crippen molar-refractivity contribution in [2.24, 2.45) is 0 Å². The van der Waals surface area contributed by atoms with E-state index < -0.39 is 0 Å². The third-order valence-electron chi connectivity index (χ3n) is 4.80.